The lowest BCUT2D eigenvalue weighted by Gasteiger charge is -2.16. The van der Waals surface area contributed by atoms with E-state index in [1.165, 1.54) is 41.4 Å². The van der Waals surface area contributed by atoms with Crippen molar-refractivity contribution in [1.82, 2.24) is 25.5 Å². The van der Waals surface area contributed by atoms with Crippen LogP contribution in [0, 0.1) is 0 Å². The van der Waals surface area contributed by atoms with Crippen molar-refractivity contribution in [2.75, 3.05) is 5.32 Å². The Kier molecular flexibility index (Phi) is 7.67. The van der Waals surface area contributed by atoms with Gasteiger partial charge in [0.25, 0.3) is 0 Å². The number of amides is 2. The normalized spacial score (nSPS) is 11.7. The van der Waals surface area contributed by atoms with Crippen LogP contribution in [0.4, 0.5) is 5.69 Å². The molecule has 13 heteroatoms. The Balaban J connectivity index is 1.73. The third-order valence-corrected chi connectivity index (χ3v) is 4.65. The number of benzene rings is 2. The van der Waals surface area contributed by atoms with Gasteiger partial charge in [-0.3, -0.25) is 14.4 Å². The van der Waals surface area contributed by atoms with E-state index in [-0.39, 0.29) is 11.3 Å². The highest BCUT2D eigenvalue weighted by atomic mass is 35.5. The average Bonchev–Trinajstić information content (AvgIpc) is 3.32. The SMILES string of the molecule is O=C(O)CC(NC(=O)C=Cc1cc(Cl)ccc1-n1cnnn1)C(=O)Nc1ccc(C(=O)O)cc1. The van der Waals surface area contributed by atoms with E-state index in [4.69, 9.17) is 21.8 Å². The minimum absolute atomic E-state index is 0.0144. The Morgan fingerprint density at radius 1 is 1.09 bits per heavy atom. The number of carboxylic acids is 2. The van der Waals surface area contributed by atoms with Crippen molar-refractivity contribution in [1.29, 1.82) is 0 Å². The lowest BCUT2D eigenvalue weighted by atomic mass is 10.1. The fourth-order valence-corrected chi connectivity index (χ4v) is 3.01. The van der Waals surface area contributed by atoms with Gasteiger partial charge < -0.3 is 20.8 Å². The predicted molar refractivity (Wildman–Crippen MR) is 119 cm³/mol. The van der Waals surface area contributed by atoms with Crippen molar-refractivity contribution in [2.45, 2.75) is 12.5 Å². The van der Waals surface area contributed by atoms with Crippen LogP contribution in [-0.4, -0.2) is 60.2 Å². The predicted octanol–water partition coefficient (Wildman–Crippen LogP) is 1.63. The van der Waals surface area contributed by atoms with Crippen LogP contribution in [0.1, 0.15) is 22.3 Å². The van der Waals surface area contributed by atoms with Crippen LogP contribution < -0.4 is 10.6 Å². The van der Waals surface area contributed by atoms with Crippen molar-refractivity contribution in [3.8, 4) is 5.69 Å². The summed E-state index contributed by atoms with van der Waals surface area (Å²) in [6.07, 6.45) is 3.21. The number of aromatic nitrogens is 4. The molecule has 1 heterocycles. The molecule has 1 atom stereocenters. The first-order valence-corrected chi connectivity index (χ1v) is 9.98. The second kappa shape index (κ2) is 10.8. The van der Waals surface area contributed by atoms with Crippen LogP contribution in [0.2, 0.25) is 5.02 Å². The number of nitrogens with one attached hydrogen (secondary N) is 2. The lowest BCUT2D eigenvalue weighted by Crippen LogP contribution is -2.44. The van der Waals surface area contributed by atoms with Crippen LogP contribution in [0.5, 0.6) is 0 Å². The van der Waals surface area contributed by atoms with Gasteiger partial charge in [-0.05, 0) is 59.0 Å². The zero-order valence-corrected chi connectivity index (χ0v) is 18.0. The van der Waals surface area contributed by atoms with Crippen LogP contribution in [0.15, 0.2) is 54.9 Å². The summed E-state index contributed by atoms with van der Waals surface area (Å²) in [7, 11) is 0. The quantitative estimate of drug-likeness (QED) is 0.328. The highest BCUT2D eigenvalue weighted by Crippen LogP contribution is 2.20. The monoisotopic (exact) mass is 484 g/mol. The van der Waals surface area contributed by atoms with Gasteiger partial charge in [-0.25, -0.2) is 4.79 Å². The number of halogens is 1. The van der Waals surface area contributed by atoms with Crippen LogP contribution in [0.25, 0.3) is 11.8 Å². The molecule has 0 spiro atoms. The molecule has 12 nitrogen and oxygen atoms in total. The van der Waals surface area contributed by atoms with Crippen molar-refractivity contribution >= 4 is 47.1 Å². The molecule has 0 bridgehead atoms. The first-order chi connectivity index (χ1) is 16.2. The largest absolute Gasteiger partial charge is 0.481 e. The maximum absolute atomic E-state index is 12.6. The van der Waals surface area contributed by atoms with Crippen molar-refractivity contribution in [2.24, 2.45) is 0 Å². The number of carboxylic acid groups (broad SMARTS) is 2. The van der Waals surface area contributed by atoms with E-state index in [0.29, 0.717) is 16.3 Å². The van der Waals surface area contributed by atoms with Gasteiger partial charge in [0.1, 0.15) is 12.4 Å². The molecule has 174 valence electrons. The fraction of sp³-hybridized carbons (Fsp3) is 0.0952. The Bertz CT molecular complexity index is 1240. The third kappa shape index (κ3) is 6.46. The molecule has 3 rings (SSSR count). The molecule has 2 aromatic carbocycles. The zero-order valence-electron chi connectivity index (χ0n) is 17.3. The molecule has 0 fully saturated rings. The summed E-state index contributed by atoms with van der Waals surface area (Å²) in [6, 6.07) is 8.69. The minimum Gasteiger partial charge on any atom is -0.481 e. The number of hydrogen-bond acceptors (Lipinski definition) is 7. The summed E-state index contributed by atoms with van der Waals surface area (Å²) >= 11 is 6.03. The average molecular weight is 485 g/mol. The molecule has 0 aliphatic heterocycles. The number of rotatable bonds is 9. The van der Waals surface area contributed by atoms with Gasteiger partial charge in [0.05, 0.1) is 17.7 Å². The minimum atomic E-state index is -1.40. The molecule has 3 aromatic rings. The molecule has 1 unspecified atom stereocenters. The second-order valence-electron chi connectivity index (χ2n) is 6.82. The van der Waals surface area contributed by atoms with Crippen molar-refractivity contribution in [3.05, 3.63) is 71.0 Å². The molecule has 4 N–H and O–H groups in total. The molecular weight excluding hydrogens is 468 g/mol. The van der Waals surface area contributed by atoms with Crippen LogP contribution >= 0.6 is 11.6 Å². The summed E-state index contributed by atoms with van der Waals surface area (Å²) in [4.78, 5) is 47.2. The molecule has 0 saturated heterocycles. The molecule has 34 heavy (non-hydrogen) atoms. The smallest absolute Gasteiger partial charge is 0.335 e. The van der Waals surface area contributed by atoms with Gasteiger partial charge in [-0.2, -0.15) is 4.68 Å². The Labute approximate surface area is 196 Å². The number of nitrogens with zero attached hydrogens (tertiary/aromatic N) is 4. The first kappa shape index (κ1) is 24.1. The summed E-state index contributed by atoms with van der Waals surface area (Å²) < 4.78 is 1.37. The maximum Gasteiger partial charge on any atom is 0.335 e. The summed E-state index contributed by atoms with van der Waals surface area (Å²) in [5.74, 6) is -3.96. The summed E-state index contributed by atoms with van der Waals surface area (Å²) in [5, 5.41) is 34.2. The maximum atomic E-state index is 12.6. The lowest BCUT2D eigenvalue weighted by molar-refractivity contribution is -0.139. The highest BCUT2D eigenvalue weighted by molar-refractivity contribution is 6.30. The standard InChI is InChI=1S/C21H17ClN6O6/c22-14-4-7-17(28-11-23-26-27-28)13(9-14)3-8-18(29)25-16(10-19(30)31)20(32)24-15-5-1-12(2-6-15)21(33)34/h1-9,11,16H,10H2,(H,24,32)(H,25,29)(H,30,31)(H,33,34). The van der Waals surface area contributed by atoms with E-state index in [0.717, 1.165) is 6.08 Å². The molecule has 0 aliphatic carbocycles. The van der Waals surface area contributed by atoms with Crippen LogP contribution in [0.3, 0.4) is 0 Å². The van der Waals surface area contributed by atoms with Crippen LogP contribution in [-0.2, 0) is 14.4 Å². The van der Waals surface area contributed by atoms with E-state index in [1.54, 1.807) is 18.2 Å². The molecule has 1 aromatic heterocycles. The Morgan fingerprint density at radius 3 is 2.44 bits per heavy atom. The number of aromatic carboxylic acids is 1. The number of carbonyl (C=O) groups is 4. The number of carbonyl (C=O) groups excluding carboxylic acids is 2. The van der Waals surface area contributed by atoms with E-state index in [1.807, 2.05) is 0 Å². The molecular formula is C21H17ClN6O6. The van der Waals surface area contributed by atoms with E-state index >= 15 is 0 Å². The van der Waals surface area contributed by atoms with Crippen molar-refractivity contribution < 1.29 is 29.4 Å². The molecule has 0 saturated carbocycles. The molecule has 2 amide bonds. The van der Waals surface area contributed by atoms with Gasteiger partial charge in [-0.15, -0.1) is 5.10 Å². The van der Waals surface area contributed by atoms with Gasteiger partial charge in [0.2, 0.25) is 11.8 Å². The third-order valence-electron chi connectivity index (χ3n) is 4.41. The van der Waals surface area contributed by atoms with E-state index in [2.05, 4.69) is 26.2 Å². The second-order valence-corrected chi connectivity index (χ2v) is 7.26. The molecule has 0 radical (unpaired) electrons. The summed E-state index contributed by atoms with van der Waals surface area (Å²) in [5.41, 5.74) is 1.27. The number of hydrogen-bond donors (Lipinski definition) is 4. The van der Waals surface area contributed by atoms with Gasteiger partial charge >= 0.3 is 11.9 Å². The molecule has 0 aliphatic rings. The number of aliphatic carboxylic acids is 1. The number of anilines is 1. The van der Waals surface area contributed by atoms with Gasteiger partial charge in [-0.1, -0.05) is 11.6 Å². The zero-order chi connectivity index (χ0) is 24.7. The Morgan fingerprint density at radius 2 is 1.82 bits per heavy atom. The van der Waals surface area contributed by atoms with E-state index in [9.17, 15) is 19.2 Å². The number of tetrazole rings is 1. The fourth-order valence-electron chi connectivity index (χ4n) is 2.83. The topological polar surface area (TPSA) is 176 Å². The first-order valence-electron chi connectivity index (χ1n) is 9.60. The van der Waals surface area contributed by atoms with Gasteiger partial charge in [0, 0.05) is 22.3 Å². The van der Waals surface area contributed by atoms with E-state index < -0.39 is 36.2 Å². The van der Waals surface area contributed by atoms with Crippen molar-refractivity contribution in [3.63, 3.8) is 0 Å². The highest BCUT2D eigenvalue weighted by Gasteiger charge is 2.23. The summed E-state index contributed by atoms with van der Waals surface area (Å²) in [6.45, 7) is 0. The van der Waals surface area contributed by atoms with Gasteiger partial charge in [0.15, 0.2) is 0 Å². The Hall–Kier alpha value is -4.58.